The fraction of sp³-hybridized carbons (Fsp3) is 0.0625. The first kappa shape index (κ1) is 13.3. The third kappa shape index (κ3) is 1.73. The molecular weight excluding hydrogens is 302 g/mol. The standard InChI is InChI=1S/C16H11NO6/c1-21-6-2-8(17)14-12(3-6)23-16(20)13-7-4-9(18)10(19)5-11(7)22-15(13)14/h2-5,18-19H,17H2,1H3. The van der Waals surface area contributed by atoms with Gasteiger partial charge in [-0.05, 0) is 6.07 Å². The summed E-state index contributed by atoms with van der Waals surface area (Å²) in [4.78, 5) is 12.3. The predicted molar refractivity (Wildman–Crippen MR) is 84.1 cm³/mol. The normalized spacial score (nSPS) is 11.5. The fourth-order valence-electron chi connectivity index (χ4n) is 2.70. The molecule has 0 unspecified atom stereocenters. The average Bonchev–Trinajstić information content (AvgIpc) is 2.85. The molecule has 2 heterocycles. The van der Waals surface area contributed by atoms with Gasteiger partial charge in [0.15, 0.2) is 17.1 Å². The molecule has 0 radical (unpaired) electrons. The van der Waals surface area contributed by atoms with Crippen molar-refractivity contribution in [3.05, 3.63) is 34.7 Å². The summed E-state index contributed by atoms with van der Waals surface area (Å²) in [5, 5.41) is 20.2. The molecule has 0 aliphatic heterocycles. The van der Waals surface area contributed by atoms with Crippen LogP contribution >= 0.6 is 0 Å². The second-order valence-electron chi connectivity index (χ2n) is 5.12. The zero-order valence-corrected chi connectivity index (χ0v) is 11.9. The van der Waals surface area contributed by atoms with Gasteiger partial charge in [-0.15, -0.1) is 0 Å². The van der Waals surface area contributed by atoms with Gasteiger partial charge >= 0.3 is 5.63 Å². The Kier molecular flexibility index (Phi) is 2.51. The molecule has 4 aromatic rings. The lowest BCUT2D eigenvalue weighted by molar-refractivity contribution is 0.404. The largest absolute Gasteiger partial charge is 0.504 e. The van der Waals surface area contributed by atoms with Crippen molar-refractivity contribution in [3.8, 4) is 17.2 Å². The number of hydrogen-bond donors (Lipinski definition) is 3. The Morgan fingerprint density at radius 1 is 1.00 bits per heavy atom. The molecule has 0 spiro atoms. The van der Waals surface area contributed by atoms with Crippen molar-refractivity contribution in [2.24, 2.45) is 0 Å². The van der Waals surface area contributed by atoms with Crippen LogP contribution < -0.4 is 16.1 Å². The fourth-order valence-corrected chi connectivity index (χ4v) is 2.70. The van der Waals surface area contributed by atoms with E-state index in [2.05, 4.69) is 0 Å². The minimum atomic E-state index is -0.635. The van der Waals surface area contributed by atoms with E-state index in [0.717, 1.165) is 0 Å². The van der Waals surface area contributed by atoms with E-state index in [1.54, 1.807) is 6.07 Å². The third-order valence-electron chi connectivity index (χ3n) is 3.76. The lowest BCUT2D eigenvalue weighted by Gasteiger charge is -2.05. The van der Waals surface area contributed by atoms with E-state index in [1.165, 1.54) is 25.3 Å². The molecule has 7 heteroatoms. The Morgan fingerprint density at radius 3 is 2.48 bits per heavy atom. The molecule has 0 amide bonds. The van der Waals surface area contributed by atoms with Gasteiger partial charge in [0.25, 0.3) is 0 Å². The van der Waals surface area contributed by atoms with Gasteiger partial charge in [-0.2, -0.15) is 0 Å². The molecule has 4 rings (SSSR count). The van der Waals surface area contributed by atoms with Crippen molar-refractivity contribution in [1.29, 1.82) is 0 Å². The Bertz CT molecular complexity index is 1150. The van der Waals surface area contributed by atoms with Crippen molar-refractivity contribution in [1.82, 2.24) is 0 Å². The molecule has 0 atom stereocenters. The van der Waals surface area contributed by atoms with Crippen molar-refractivity contribution >= 4 is 38.6 Å². The van der Waals surface area contributed by atoms with Gasteiger partial charge in [-0.1, -0.05) is 0 Å². The second kappa shape index (κ2) is 4.33. The highest BCUT2D eigenvalue weighted by Gasteiger charge is 2.20. The summed E-state index contributed by atoms with van der Waals surface area (Å²) in [6, 6.07) is 5.60. The van der Waals surface area contributed by atoms with E-state index in [9.17, 15) is 15.0 Å². The molecule has 2 aromatic carbocycles. The summed E-state index contributed by atoms with van der Waals surface area (Å²) in [5.74, 6) is -0.258. The maximum atomic E-state index is 12.3. The molecule has 7 nitrogen and oxygen atoms in total. The Hall–Kier alpha value is -3.35. The monoisotopic (exact) mass is 313 g/mol. The van der Waals surface area contributed by atoms with E-state index in [-0.39, 0.29) is 33.6 Å². The summed E-state index contributed by atoms with van der Waals surface area (Å²) in [6.45, 7) is 0. The number of nitrogens with two attached hydrogens (primary N) is 1. The minimum Gasteiger partial charge on any atom is -0.504 e. The summed E-state index contributed by atoms with van der Waals surface area (Å²) in [7, 11) is 1.48. The zero-order chi connectivity index (χ0) is 16.3. The average molecular weight is 313 g/mol. The number of anilines is 1. The molecule has 0 saturated carbocycles. The van der Waals surface area contributed by atoms with Crippen LogP contribution in [0.4, 0.5) is 5.69 Å². The Balaban J connectivity index is 2.28. The van der Waals surface area contributed by atoms with Gasteiger partial charge in [0.1, 0.15) is 22.3 Å². The molecule has 0 bridgehead atoms. The van der Waals surface area contributed by atoms with Crippen LogP contribution in [0.2, 0.25) is 0 Å². The van der Waals surface area contributed by atoms with Crippen LogP contribution in [0.5, 0.6) is 17.2 Å². The van der Waals surface area contributed by atoms with Crippen LogP contribution in [0.25, 0.3) is 32.9 Å². The SMILES string of the molecule is COc1cc(N)c2c(c1)oc(=O)c1c3cc(O)c(O)cc3oc21. The molecule has 0 saturated heterocycles. The van der Waals surface area contributed by atoms with Crippen LogP contribution in [0.1, 0.15) is 0 Å². The third-order valence-corrected chi connectivity index (χ3v) is 3.76. The topological polar surface area (TPSA) is 119 Å². The van der Waals surface area contributed by atoms with Crippen molar-refractivity contribution in [3.63, 3.8) is 0 Å². The number of phenolic OH excluding ortho intramolecular Hbond substituents is 2. The number of benzene rings is 2. The van der Waals surface area contributed by atoms with Crippen LogP contribution in [-0.4, -0.2) is 17.3 Å². The van der Waals surface area contributed by atoms with E-state index < -0.39 is 5.63 Å². The number of nitrogen functional groups attached to an aromatic ring is 1. The lowest BCUT2D eigenvalue weighted by Crippen LogP contribution is -2.00. The second-order valence-corrected chi connectivity index (χ2v) is 5.12. The number of furan rings is 1. The van der Waals surface area contributed by atoms with E-state index >= 15 is 0 Å². The Labute approximate surface area is 128 Å². The quantitative estimate of drug-likeness (QED) is 0.281. The molecule has 0 fully saturated rings. The van der Waals surface area contributed by atoms with Crippen LogP contribution in [0.15, 0.2) is 37.9 Å². The number of fused-ring (bicyclic) bond motifs is 5. The number of hydrogen-bond acceptors (Lipinski definition) is 7. The molecule has 4 N–H and O–H groups in total. The van der Waals surface area contributed by atoms with Gasteiger partial charge in [-0.3, -0.25) is 0 Å². The Morgan fingerprint density at radius 2 is 1.74 bits per heavy atom. The summed E-state index contributed by atoms with van der Waals surface area (Å²) < 4.78 is 16.1. The molecule has 0 aliphatic carbocycles. The van der Waals surface area contributed by atoms with Crippen LogP contribution in [0.3, 0.4) is 0 Å². The first-order chi connectivity index (χ1) is 11.0. The highest BCUT2D eigenvalue weighted by Crippen LogP contribution is 2.39. The number of rotatable bonds is 1. The van der Waals surface area contributed by atoms with Crippen molar-refractivity contribution < 1.29 is 23.8 Å². The smallest absolute Gasteiger partial charge is 0.348 e. The molecule has 2 aromatic heterocycles. The van der Waals surface area contributed by atoms with Crippen LogP contribution in [0, 0.1) is 0 Å². The van der Waals surface area contributed by atoms with E-state index in [4.69, 9.17) is 19.3 Å². The van der Waals surface area contributed by atoms with Crippen molar-refractivity contribution in [2.75, 3.05) is 12.8 Å². The highest BCUT2D eigenvalue weighted by atomic mass is 16.5. The summed E-state index contributed by atoms with van der Waals surface area (Å²) >= 11 is 0. The zero-order valence-electron chi connectivity index (χ0n) is 11.9. The maximum absolute atomic E-state index is 12.3. The van der Waals surface area contributed by atoms with Gasteiger partial charge in [-0.25, -0.2) is 4.79 Å². The highest BCUT2D eigenvalue weighted by molar-refractivity contribution is 6.16. The first-order valence-electron chi connectivity index (χ1n) is 6.68. The van der Waals surface area contributed by atoms with E-state index in [0.29, 0.717) is 22.2 Å². The van der Waals surface area contributed by atoms with Gasteiger partial charge < -0.3 is 29.5 Å². The lowest BCUT2D eigenvalue weighted by atomic mass is 10.1. The van der Waals surface area contributed by atoms with Gasteiger partial charge in [0.2, 0.25) is 0 Å². The number of phenols is 2. The van der Waals surface area contributed by atoms with Gasteiger partial charge in [0, 0.05) is 23.6 Å². The van der Waals surface area contributed by atoms with Crippen molar-refractivity contribution in [2.45, 2.75) is 0 Å². The van der Waals surface area contributed by atoms with Crippen LogP contribution in [-0.2, 0) is 0 Å². The minimum absolute atomic E-state index is 0.152. The van der Waals surface area contributed by atoms with Gasteiger partial charge in [0.05, 0.1) is 18.2 Å². The summed E-state index contributed by atoms with van der Waals surface area (Å²) in [6.07, 6.45) is 0. The van der Waals surface area contributed by atoms with E-state index in [1.807, 2.05) is 0 Å². The number of aromatic hydroxyl groups is 2. The number of ether oxygens (including phenoxy) is 1. The molecular formula is C16H11NO6. The first-order valence-corrected chi connectivity index (χ1v) is 6.68. The maximum Gasteiger partial charge on any atom is 0.348 e. The molecule has 23 heavy (non-hydrogen) atoms. The number of methoxy groups -OCH3 is 1. The molecule has 116 valence electrons. The molecule has 0 aliphatic rings. The summed E-state index contributed by atoms with van der Waals surface area (Å²) in [5.41, 5.74) is 6.42. The predicted octanol–water partition coefficient (Wildman–Crippen LogP) is 2.69.